The number of nitrogens with zero attached hydrogens (tertiary/aromatic N) is 2. The quantitative estimate of drug-likeness (QED) is 0.512. The molecule has 0 aromatic carbocycles. The molecule has 3 heteroatoms. The van der Waals surface area contributed by atoms with Gasteiger partial charge in [0.25, 0.3) is 0 Å². The lowest BCUT2D eigenvalue weighted by molar-refractivity contribution is 0.286. The molecule has 2 aliphatic rings. The number of aliphatic imine (C=N–C) groups is 1. The first-order valence-electron chi connectivity index (χ1n) is 5.85. The van der Waals surface area contributed by atoms with Crippen LogP contribution in [0.15, 0.2) is 4.99 Å². The Morgan fingerprint density at radius 2 is 2.07 bits per heavy atom. The zero-order valence-corrected chi connectivity index (χ0v) is 9.08. The molecule has 0 bridgehead atoms. The van der Waals surface area contributed by atoms with Gasteiger partial charge >= 0.3 is 0 Å². The summed E-state index contributed by atoms with van der Waals surface area (Å²) in [4.78, 5) is 6.95. The van der Waals surface area contributed by atoms with E-state index in [0.29, 0.717) is 5.92 Å². The largest absolute Gasteiger partial charge is 0.387 e. The Hall–Kier alpha value is -0.570. The van der Waals surface area contributed by atoms with Crippen molar-refractivity contribution in [1.82, 2.24) is 4.90 Å². The molecule has 3 nitrogen and oxygen atoms in total. The normalized spacial score (nSPS) is 23.1. The average Bonchev–Trinajstić information content (AvgIpc) is 3.05. The molecule has 0 heterocycles. The highest BCUT2D eigenvalue weighted by atomic mass is 15.2. The number of rotatable bonds is 6. The topological polar surface area (TPSA) is 41.6 Å². The summed E-state index contributed by atoms with van der Waals surface area (Å²) in [5, 5.41) is 0. The van der Waals surface area contributed by atoms with Gasteiger partial charge in [-0.15, -0.1) is 0 Å². The maximum atomic E-state index is 5.83. The van der Waals surface area contributed by atoms with E-state index in [4.69, 9.17) is 5.73 Å². The molecule has 0 aliphatic heterocycles. The van der Waals surface area contributed by atoms with E-state index in [9.17, 15) is 0 Å². The lowest BCUT2D eigenvalue weighted by Crippen LogP contribution is -2.29. The highest BCUT2D eigenvalue weighted by Crippen LogP contribution is 2.29. The van der Waals surface area contributed by atoms with Crippen molar-refractivity contribution >= 4 is 5.84 Å². The van der Waals surface area contributed by atoms with Crippen molar-refractivity contribution in [3.05, 3.63) is 0 Å². The Kier molecular flexibility index (Phi) is 3.06. The summed E-state index contributed by atoms with van der Waals surface area (Å²) in [7, 11) is 0. The minimum Gasteiger partial charge on any atom is -0.387 e. The van der Waals surface area contributed by atoms with Gasteiger partial charge in [-0.1, -0.05) is 6.92 Å². The van der Waals surface area contributed by atoms with Crippen LogP contribution in [0.1, 0.15) is 32.6 Å². The number of nitrogens with two attached hydrogens (primary N) is 1. The van der Waals surface area contributed by atoms with Crippen molar-refractivity contribution in [2.24, 2.45) is 16.6 Å². The van der Waals surface area contributed by atoms with Crippen molar-refractivity contribution in [2.75, 3.05) is 19.6 Å². The minimum atomic E-state index is 0.631. The summed E-state index contributed by atoms with van der Waals surface area (Å²) in [6.07, 6.45) is 5.29. The zero-order chi connectivity index (χ0) is 9.97. The van der Waals surface area contributed by atoms with Crippen LogP contribution in [0.4, 0.5) is 0 Å². The third-order valence-electron chi connectivity index (χ3n) is 3.15. The van der Waals surface area contributed by atoms with Crippen molar-refractivity contribution in [2.45, 2.75) is 38.6 Å². The summed E-state index contributed by atoms with van der Waals surface area (Å²) in [6.45, 7) is 5.37. The van der Waals surface area contributed by atoms with E-state index in [1.165, 1.54) is 25.7 Å². The van der Waals surface area contributed by atoms with Gasteiger partial charge in [-0.25, -0.2) is 0 Å². The molecule has 0 radical (unpaired) electrons. The second-order valence-electron chi connectivity index (χ2n) is 4.44. The summed E-state index contributed by atoms with van der Waals surface area (Å²) in [5.41, 5.74) is 5.83. The molecule has 2 fully saturated rings. The van der Waals surface area contributed by atoms with Gasteiger partial charge in [0.2, 0.25) is 0 Å². The number of hydrogen-bond donors (Lipinski definition) is 1. The molecule has 0 spiro atoms. The first-order valence-corrected chi connectivity index (χ1v) is 5.85. The van der Waals surface area contributed by atoms with E-state index in [2.05, 4.69) is 16.8 Å². The van der Waals surface area contributed by atoms with Crippen LogP contribution in [0.25, 0.3) is 0 Å². The third-order valence-corrected chi connectivity index (χ3v) is 3.15. The Labute approximate surface area is 86.4 Å². The molecule has 2 aliphatic carbocycles. The van der Waals surface area contributed by atoms with Crippen LogP contribution >= 0.6 is 0 Å². The average molecular weight is 195 g/mol. The van der Waals surface area contributed by atoms with Gasteiger partial charge in [0.15, 0.2) is 0 Å². The van der Waals surface area contributed by atoms with E-state index in [-0.39, 0.29) is 0 Å². The molecule has 14 heavy (non-hydrogen) atoms. The standard InChI is InChI=1S/C11H21N3/c1-2-14(10-5-6-10)8-7-13-11(12)9-3-4-9/h9-10H,2-8H2,1H3,(H2,12,13). The van der Waals surface area contributed by atoms with Crippen molar-refractivity contribution in [1.29, 1.82) is 0 Å². The second-order valence-corrected chi connectivity index (χ2v) is 4.44. The molecule has 0 saturated heterocycles. The summed E-state index contributed by atoms with van der Waals surface area (Å²) >= 11 is 0. The molecule has 0 aromatic rings. The van der Waals surface area contributed by atoms with Crippen LogP contribution in [0, 0.1) is 5.92 Å². The summed E-state index contributed by atoms with van der Waals surface area (Å²) < 4.78 is 0. The molecule has 2 saturated carbocycles. The van der Waals surface area contributed by atoms with Crippen LogP contribution in [0.3, 0.4) is 0 Å². The van der Waals surface area contributed by atoms with Gasteiger partial charge < -0.3 is 5.73 Å². The van der Waals surface area contributed by atoms with Crippen LogP contribution in [-0.4, -0.2) is 36.4 Å². The fraction of sp³-hybridized carbons (Fsp3) is 0.909. The minimum absolute atomic E-state index is 0.631. The van der Waals surface area contributed by atoms with Crippen LogP contribution < -0.4 is 5.73 Å². The Balaban J connectivity index is 1.67. The number of likely N-dealkylation sites (N-methyl/N-ethyl adjacent to an activating group) is 1. The van der Waals surface area contributed by atoms with Gasteiger partial charge in [-0.3, -0.25) is 9.89 Å². The lowest BCUT2D eigenvalue weighted by Gasteiger charge is -2.18. The van der Waals surface area contributed by atoms with Crippen LogP contribution in [-0.2, 0) is 0 Å². The number of amidine groups is 1. The first-order chi connectivity index (χ1) is 6.81. The van der Waals surface area contributed by atoms with Gasteiger partial charge in [-0.05, 0) is 32.2 Å². The highest BCUT2D eigenvalue weighted by molar-refractivity contribution is 5.84. The first kappa shape index (κ1) is 9.97. The Bertz CT molecular complexity index is 217. The highest BCUT2D eigenvalue weighted by Gasteiger charge is 2.28. The van der Waals surface area contributed by atoms with E-state index >= 15 is 0 Å². The molecule has 0 amide bonds. The van der Waals surface area contributed by atoms with E-state index < -0.39 is 0 Å². The second kappa shape index (κ2) is 4.30. The monoisotopic (exact) mass is 195 g/mol. The van der Waals surface area contributed by atoms with Gasteiger partial charge in [-0.2, -0.15) is 0 Å². The van der Waals surface area contributed by atoms with Crippen LogP contribution in [0.2, 0.25) is 0 Å². The summed E-state index contributed by atoms with van der Waals surface area (Å²) in [5.74, 6) is 1.53. The molecular weight excluding hydrogens is 174 g/mol. The zero-order valence-electron chi connectivity index (χ0n) is 9.08. The number of hydrogen-bond acceptors (Lipinski definition) is 2. The van der Waals surface area contributed by atoms with Gasteiger partial charge in [0.05, 0.1) is 12.4 Å². The van der Waals surface area contributed by atoms with Crippen molar-refractivity contribution < 1.29 is 0 Å². The fourth-order valence-electron chi connectivity index (χ4n) is 1.85. The van der Waals surface area contributed by atoms with E-state index in [1.54, 1.807) is 0 Å². The third kappa shape index (κ3) is 2.71. The Morgan fingerprint density at radius 3 is 2.57 bits per heavy atom. The molecule has 0 aromatic heterocycles. The molecule has 2 N–H and O–H groups in total. The maximum Gasteiger partial charge on any atom is 0.0968 e. The molecular formula is C11H21N3. The molecule has 80 valence electrons. The maximum absolute atomic E-state index is 5.83. The Morgan fingerprint density at radius 1 is 1.36 bits per heavy atom. The van der Waals surface area contributed by atoms with Gasteiger partial charge in [0, 0.05) is 18.5 Å². The summed E-state index contributed by atoms with van der Waals surface area (Å²) in [6, 6.07) is 0.859. The smallest absolute Gasteiger partial charge is 0.0968 e. The predicted molar refractivity (Wildman–Crippen MR) is 59.5 cm³/mol. The van der Waals surface area contributed by atoms with Crippen LogP contribution in [0.5, 0.6) is 0 Å². The SMILES string of the molecule is CCN(CCN=C(N)C1CC1)C1CC1. The predicted octanol–water partition coefficient (Wildman–Crippen LogP) is 1.24. The van der Waals surface area contributed by atoms with Crippen molar-refractivity contribution in [3.8, 4) is 0 Å². The van der Waals surface area contributed by atoms with E-state index in [1.807, 2.05) is 0 Å². The fourth-order valence-corrected chi connectivity index (χ4v) is 1.85. The molecule has 0 unspecified atom stereocenters. The van der Waals surface area contributed by atoms with Gasteiger partial charge in [0.1, 0.15) is 0 Å². The van der Waals surface area contributed by atoms with E-state index in [0.717, 1.165) is 31.5 Å². The lowest BCUT2D eigenvalue weighted by atomic mass is 10.4. The van der Waals surface area contributed by atoms with Crippen molar-refractivity contribution in [3.63, 3.8) is 0 Å². The molecule has 0 atom stereocenters. The molecule has 2 rings (SSSR count).